The molecule has 2 nitrogen and oxygen atoms in total. The molecule has 0 radical (unpaired) electrons. The second kappa shape index (κ2) is 4.42. The highest BCUT2D eigenvalue weighted by Crippen LogP contribution is 2.32. The molecule has 0 atom stereocenters. The Morgan fingerprint density at radius 2 is 1.40 bits per heavy atom. The summed E-state index contributed by atoms with van der Waals surface area (Å²) in [6.07, 6.45) is 3.64. The molecule has 0 saturated heterocycles. The van der Waals surface area contributed by atoms with Gasteiger partial charge in [0.1, 0.15) is 0 Å². The van der Waals surface area contributed by atoms with E-state index in [1.165, 1.54) is 11.1 Å². The van der Waals surface area contributed by atoms with Crippen molar-refractivity contribution in [1.29, 1.82) is 0 Å². The summed E-state index contributed by atoms with van der Waals surface area (Å²) in [5, 5.41) is 2.27. The molecule has 94 valence electrons. The maximum Gasteiger partial charge on any atom is 0.0970 e. The summed E-state index contributed by atoms with van der Waals surface area (Å²) in [6.45, 7) is 0. The van der Waals surface area contributed by atoms with Gasteiger partial charge in [0.2, 0.25) is 0 Å². The van der Waals surface area contributed by atoms with Crippen LogP contribution in [-0.4, -0.2) is 9.97 Å². The fourth-order valence-electron chi connectivity index (χ4n) is 2.63. The Bertz CT molecular complexity index is 899. The van der Waals surface area contributed by atoms with Crippen molar-refractivity contribution < 1.29 is 0 Å². The van der Waals surface area contributed by atoms with Gasteiger partial charge in [-0.05, 0) is 29.3 Å². The highest BCUT2D eigenvalue weighted by Gasteiger charge is 2.09. The van der Waals surface area contributed by atoms with Crippen LogP contribution < -0.4 is 0 Å². The lowest BCUT2D eigenvalue weighted by molar-refractivity contribution is 1.37. The summed E-state index contributed by atoms with van der Waals surface area (Å²) in [4.78, 5) is 9.01. The van der Waals surface area contributed by atoms with Crippen LogP contribution in [0.4, 0.5) is 0 Å². The molecule has 2 aromatic carbocycles. The third kappa shape index (κ3) is 1.66. The van der Waals surface area contributed by atoms with Gasteiger partial charge in [-0.1, -0.05) is 42.5 Å². The first-order valence-corrected chi connectivity index (χ1v) is 6.61. The molecular weight excluding hydrogens is 244 g/mol. The van der Waals surface area contributed by atoms with E-state index in [-0.39, 0.29) is 0 Å². The summed E-state index contributed by atoms with van der Waals surface area (Å²) in [5.74, 6) is 0. The lowest BCUT2D eigenvalue weighted by atomic mass is 9.98. The molecule has 20 heavy (non-hydrogen) atoms. The quantitative estimate of drug-likeness (QED) is 0.470. The monoisotopic (exact) mass is 256 g/mol. The van der Waals surface area contributed by atoms with Gasteiger partial charge < -0.3 is 0 Å². The summed E-state index contributed by atoms with van der Waals surface area (Å²) >= 11 is 0. The van der Waals surface area contributed by atoms with E-state index in [0.717, 1.165) is 21.8 Å². The third-order valence-electron chi connectivity index (χ3n) is 3.55. The maximum absolute atomic E-state index is 4.53. The number of nitrogens with zero attached hydrogens (tertiary/aromatic N) is 2. The number of pyridine rings is 2. The van der Waals surface area contributed by atoms with Crippen molar-refractivity contribution in [2.75, 3.05) is 0 Å². The fourth-order valence-corrected chi connectivity index (χ4v) is 2.63. The van der Waals surface area contributed by atoms with Gasteiger partial charge in [0.15, 0.2) is 0 Å². The van der Waals surface area contributed by atoms with Gasteiger partial charge in [-0.2, -0.15) is 0 Å². The largest absolute Gasteiger partial charge is 0.254 e. The minimum absolute atomic E-state index is 0.961. The molecule has 2 heterocycles. The average Bonchev–Trinajstić information content (AvgIpc) is 2.55. The van der Waals surface area contributed by atoms with E-state index in [4.69, 9.17) is 0 Å². The summed E-state index contributed by atoms with van der Waals surface area (Å²) in [7, 11) is 0. The van der Waals surface area contributed by atoms with Gasteiger partial charge in [0.25, 0.3) is 0 Å². The van der Waals surface area contributed by atoms with E-state index < -0.39 is 0 Å². The standard InChI is InChI=1S/C18H12N2/c1-2-6-13(7-3-1)16-12-14-8-4-10-19-17(14)18-15(16)9-5-11-20-18/h1-12H. The molecule has 0 aliphatic carbocycles. The van der Waals surface area contributed by atoms with Gasteiger partial charge in [0, 0.05) is 23.2 Å². The van der Waals surface area contributed by atoms with Crippen LogP contribution in [0.5, 0.6) is 0 Å². The second-order valence-electron chi connectivity index (χ2n) is 4.76. The molecule has 2 aromatic heterocycles. The van der Waals surface area contributed by atoms with E-state index >= 15 is 0 Å². The molecule has 0 fully saturated rings. The molecule has 0 N–H and O–H groups in total. The Kier molecular flexibility index (Phi) is 2.46. The van der Waals surface area contributed by atoms with Gasteiger partial charge in [-0.15, -0.1) is 0 Å². The Hall–Kier alpha value is -2.74. The molecule has 0 bridgehead atoms. The van der Waals surface area contributed by atoms with Crippen molar-refractivity contribution in [1.82, 2.24) is 9.97 Å². The number of hydrogen-bond acceptors (Lipinski definition) is 2. The molecular formula is C18H12N2. The first-order chi connectivity index (χ1) is 9.93. The summed E-state index contributed by atoms with van der Waals surface area (Å²) in [6, 6.07) is 20.7. The Labute approximate surface area is 116 Å². The van der Waals surface area contributed by atoms with Crippen molar-refractivity contribution in [2.45, 2.75) is 0 Å². The van der Waals surface area contributed by atoms with Crippen LogP contribution in [-0.2, 0) is 0 Å². The highest BCUT2D eigenvalue weighted by atomic mass is 14.7. The zero-order valence-corrected chi connectivity index (χ0v) is 10.8. The van der Waals surface area contributed by atoms with Crippen molar-refractivity contribution in [3.05, 3.63) is 73.1 Å². The highest BCUT2D eigenvalue weighted by molar-refractivity contribution is 6.09. The molecule has 0 amide bonds. The molecule has 0 spiro atoms. The van der Waals surface area contributed by atoms with Crippen molar-refractivity contribution in [2.24, 2.45) is 0 Å². The Morgan fingerprint density at radius 3 is 2.25 bits per heavy atom. The molecule has 2 heteroatoms. The van der Waals surface area contributed by atoms with E-state index in [0.29, 0.717) is 0 Å². The van der Waals surface area contributed by atoms with Gasteiger partial charge in [-0.3, -0.25) is 9.97 Å². The predicted molar refractivity (Wildman–Crippen MR) is 82.5 cm³/mol. The lowest BCUT2D eigenvalue weighted by Crippen LogP contribution is -1.88. The predicted octanol–water partition coefficient (Wildman–Crippen LogP) is 4.45. The van der Waals surface area contributed by atoms with E-state index in [1.54, 1.807) is 0 Å². The van der Waals surface area contributed by atoms with Crippen LogP contribution in [0, 0.1) is 0 Å². The molecule has 0 unspecified atom stereocenters. The first kappa shape index (κ1) is 11.1. The minimum atomic E-state index is 0.961. The Balaban J connectivity index is 2.19. The van der Waals surface area contributed by atoms with Crippen LogP contribution in [0.1, 0.15) is 0 Å². The Morgan fingerprint density at radius 1 is 0.650 bits per heavy atom. The first-order valence-electron chi connectivity index (χ1n) is 6.61. The zero-order chi connectivity index (χ0) is 13.4. The van der Waals surface area contributed by atoms with Crippen LogP contribution >= 0.6 is 0 Å². The maximum atomic E-state index is 4.53. The number of fused-ring (bicyclic) bond motifs is 3. The number of hydrogen-bond donors (Lipinski definition) is 0. The van der Waals surface area contributed by atoms with Crippen molar-refractivity contribution in [3.8, 4) is 11.1 Å². The topological polar surface area (TPSA) is 25.8 Å². The van der Waals surface area contributed by atoms with Gasteiger partial charge in [-0.25, -0.2) is 0 Å². The van der Waals surface area contributed by atoms with Gasteiger partial charge in [0.05, 0.1) is 11.0 Å². The number of rotatable bonds is 1. The molecule has 4 rings (SSSR count). The van der Waals surface area contributed by atoms with Crippen molar-refractivity contribution in [3.63, 3.8) is 0 Å². The molecule has 0 aliphatic rings. The van der Waals surface area contributed by atoms with Crippen LogP contribution in [0.25, 0.3) is 32.9 Å². The van der Waals surface area contributed by atoms with Crippen LogP contribution in [0.15, 0.2) is 73.1 Å². The molecule has 4 aromatic rings. The lowest BCUT2D eigenvalue weighted by Gasteiger charge is -2.09. The normalized spacial score (nSPS) is 11.0. The smallest absolute Gasteiger partial charge is 0.0970 e. The van der Waals surface area contributed by atoms with Gasteiger partial charge >= 0.3 is 0 Å². The SMILES string of the molecule is c1ccc(-c2cc3cccnc3c3ncccc23)cc1. The van der Waals surface area contributed by atoms with E-state index in [1.807, 2.05) is 30.6 Å². The summed E-state index contributed by atoms with van der Waals surface area (Å²) < 4.78 is 0. The van der Waals surface area contributed by atoms with Crippen molar-refractivity contribution >= 4 is 21.8 Å². The van der Waals surface area contributed by atoms with Crippen LogP contribution in [0.2, 0.25) is 0 Å². The number of benzene rings is 2. The fraction of sp³-hybridized carbons (Fsp3) is 0. The molecule has 0 aliphatic heterocycles. The third-order valence-corrected chi connectivity index (χ3v) is 3.55. The summed E-state index contributed by atoms with van der Waals surface area (Å²) in [5.41, 5.74) is 4.33. The van der Waals surface area contributed by atoms with E-state index in [9.17, 15) is 0 Å². The second-order valence-corrected chi connectivity index (χ2v) is 4.76. The average molecular weight is 256 g/mol. The number of aromatic nitrogens is 2. The zero-order valence-electron chi connectivity index (χ0n) is 10.8. The molecule has 0 saturated carbocycles. The van der Waals surface area contributed by atoms with E-state index in [2.05, 4.69) is 52.4 Å². The minimum Gasteiger partial charge on any atom is -0.254 e. The van der Waals surface area contributed by atoms with Crippen LogP contribution in [0.3, 0.4) is 0 Å².